The molecule has 0 radical (unpaired) electrons. The summed E-state index contributed by atoms with van der Waals surface area (Å²) in [5.41, 5.74) is 0.537. The zero-order valence-corrected chi connectivity index (χ0v) is 12.9. The second-order valence-corrected chi connectivity index (χ2v) is 4.07. The van der Waals surface area contributed by atoms with Crippen molar-refractivity contribution in [3.8, 4) is 0 Å². The summed E-state index contributed by atoms with van der Waals surface area (Å²) in [6, 6.07) is 5.40. The summed E-state index contributed by atoms with van der Waals surface area (Å²) in [5, 5.41) is 5.12. The Morgan fingerprint density at radius 2 is 1.90 bits per heavy atom. The van der Waals surface area contributed by atoms with E-state index in [-0.39, 0.29) is 17.6 Å². The van der Waals surface area contributed by atoms with Crippen molar-refractivity contribution in [3.05, 3.63) is 30.1 Å². The zero-order chi connectivity index (χ0) is 16.3. The van der Waals surface area contributed by atoms with Crippen molar-refractivity contribution in [3.63, 3.8) is 0 Å². The SMILES string of the molecule is CC.COC.O=C1CCC(Nc2cccc(F)c2)C(=O)N1. The molecule has 1 aliphatic heterocycles. The minimum absolute atomic E-state index is 0.262. The van der Waals surface area contributed by atoms with Gasteiger partial charge in [-0.05, 0) is 24.6 Å². The molecule has 1 heterocycles. The summed E-state index contributed by atoms with van der Waals surface area (Å²) in [6.07, 6.45) is 0.736. The molecule has 1 aromatic rings. The van der Waals surface area contributed by atoms with E-state index in [1.54, 1.807) is 26.4 Å². The molecule has 0 bridgehead atoms. The number of anilines is 1. The van der Waals surface area contributed by atoms with Gasteiger partial charge in [0.25, 0.3) is 0 Å². The Morgan fingerprint density at radius 1 is 1.29 bits per heavy atom. The standard InChI is InChI=1S/C11H11FN2O2.C2H6O.C2H6/c12-7-2-1-3-8(6-7)13-9-4-5-10(15)14-11(9)16;1-3-2;1-2/h1-3,6,9,13H,4-5H2,(H,14,15,16);1-2H3;1-2H3. The second kappa shape index (κ2) is 10.8. The zero-order valence-electron chi connectivity index (χ0n) is 12.9. The molecule has 1 aromatic carbocycles. The fraction of sp³-hybridized carbons (Fsp3) is 0.467. The first-order chi connectivity index (χ1) is 10.1. The number of benzene rings is 1. The fourth-order valence-electron chi connectivity index (χ4n) is 1.61. The van der Waals surface area contributed by atoms with Crippen molar-refractivity contribution in [1.82, 2.24) is 5.32 Å². The number of halogens is 1. The molecule has 0 aromatic heterocycles. The van der Waals surface area contributed by atoms with Crippen molar-refractivity contribution in [1.29, 1.82) is 0 Å². The van der Waals surface area contributed by atoms with E-state index in [9.17, 15) is 14.0 Å². The van der Waals surface area contributed by atoms with Crippen LogP contribution in [0.2, 0.25) is 0 Å². The second-order valence-electron chi connectivity index (χ2n) is 4.07. The molecule has 0 aliphatic carbocycles. The summed E-state index contributed by atoms with van der Waals surface area (Å²) in [4.78, 5) is 22.3. The van der Waals surface area contributed by atoms with Crippen molar-refractivity contribution in [2.45, 2.75) is 32.7 Å². The minimum atomic E-state index is -0.473. The molecular formula is C15H23FN2O3. The Kier molecular flexibility index (Phi) is 9.79. The molecule has 21 heavy (non-hydrogen) atoms. The highest BCUT2D eigenvalue weighted by atomic mass is 19.1. The van der Waals surface area contributed by atoms with E-state index in [2.05, 4.69) is 15.4 Å². The van der Waals surface area contributed by atoms with Crippen LogP contribution in [-0.2, 0) is 14.3 Å². The fourth-order valence-corrected chi connectivity index (χ4v) is 1.61. The van der Waals surface area contributed by atoms with Crippen LogP contribution in [0.5, 0.6) is 0 Å². The number of piperidine rings is 1. The van der Waals surface area contributed by atoms with Crippen LogP contribution in [0, 0.1) is 5.82 Å². The number of hydrogen-bond donors (Lipinski definition) is 2. The van der Waals surface area contributed by atoms with Crippen LogP contribution in [0.4, 0.5) is 10.1 Å². The third-order valence-electron chi connectivity index (χ3n) is 2.40. The van der Waals surface area contributed by atoms with Gasteiger partial charge in [0.05, 0.1) is 0 Å². The molecule has 2 amide bonds. The number of carbonyl (C=O) groups is 2. The van der Waals surface area contributed by atoms with Crippen LogP contribution in [0.3, 0.4) is 0 Å². The highest BCUT2D eigenvalue weighted by Crippen LogP contribution is 2.14. The van der Waals surface area contributed by atoms with Crippen LogP contribution in [0.25, 0.3) is 0 Å². The molecular weight excluding hydrogens is 275 g/mol. The number of carbonyl (C=O) groups excluding carboxylic acids is 2. The third-order valence-corrected chi connectivity index (χ3v) is 2.40. The van der Waals surface area contributed by atoms with Gasteiger partial charge in [-0.1, -0.05) is 19.9 Å². The Labute approximate surface area is 124 Å². The maximum atomic E-state index is 12.9. The lowest BCUT2D eigenvalue weighted by molar-refractivity contribution is -0.133. The molecule has 0 saturated carbocycles. The van der Waals surface area contributed by atoms with Crippen LogP contribution in [0.15, 0.2) is 24.3 Å². The topological polar surface area (TPSA) is 67.4 Å². The number of ether oxygens (including phenoxy) is 1. The van der Waals surface area contributed by atoms with Crippen LogP contribution in [0.1, 0.15) is 26.7 Å². The average molecular weight is 298 g/mol. The predicted molar refractivity (Wildman–Crippen MR) is 80.5 cm³/mol. The number of nitrogens with one attached hydrogen (secondary N) is 2. The molecule has 1 unspecified atom stereocenters. The first-order valence-electron chi connectivity index (χ1n) is 6.82. The van der Waals surface area contributed by atoms with Crippen LogP contribution in [-0.4, -0.2) is 32.1 Å². The highest BCUT2D eigenvalue weighted by Gasteiger charge is 2.26. The van der Waals surface area contributed by atoms with Crippen LogP contribution >= 0.6 is 0 Å². The van der Waals surface area contributed by atoms with Gasteiger partial charge in [-0.15, -0.1) is 0 Å². The first-order valence-corrected chi connectivity index (χ1v) is 6.82. The summed E-state index contributed by atoms with van der Waals surface area (Å²) in [5.74, 6) is -0.986. The molecule has 0 spiro atoms. The normalized spacial score (nSPS) is 16.7. The Bertz CT molecular complexity index is 452. The van der Waals surface area contributed by atoms with Crippen molar-refractivity contribution in [2.24, 2.45) is 0 Å². The monoisotopic (exact) mass is 298 g/mol. The van der Waals surface area contributed by atoms with E-state index in [4.69, 9.17) is 0 Å². The lowest BCUT2D eigenvalue weighted by Gasteiger charge is -2.22. The van der Waals surface area contributed by atoms with Gasteiger partial charge in [-0.25, -0.2) is 4.39 Å². The van der Waals surface area contributed by atoms with Crippen molar-refractivity contribution < 1.29 is 18.7 Å². The molecule has 1 aliphatic rings. The molecule has 2 N–H and O–H groups in total. The number of imide groups is 1. The van der Waals surface area contributed by atoms with Gasteiger partial charge in [0, 0.05) is 26.3 Å². The van der Waals surface area contributed by atoms with Crippen molar-refractivity contribution >= 4 is 17.5 Å². The van der Waals surface area contributed by atoms with E-state index >= 15 is 0 Å². The van der Waals surface area contributed by atoms with Gasteiger partial charge in [-0.2, -0.15) is 0 Å². The number of methoxy groups -OCH3 is 1. The largest absolute Gasteiger partial charge is 0.388 e. The Hall–Kier alpha value is -1.95. The van der Waals surface area contributed by atoms with E-state index in [0.29, 0.717) is 18.5 Å². The van der Waals surface area contributed by atoms with Gasteiger partial charge in [0.15, 0.2) is 0 Å². The van der Waals surface area contributed by atoms with E-state index in [1.165, 1.54) is 12.1 Å². The number of hydrogen-bond acceptors (Lipinski definition) is 4. The Morgan fingerprint density at radius 3 is 2.43 bits per heavy atom. The lowest BCUT2D eigenvalue weighted by Crippen LogP contribution is -2.47. The predicted octanol–water partition coefficient (Wildman–Crippen LogP) is 2.33. The van der Waals surface area contributed by atoms with Gasteiger partial charge in [0.2, 0.25) is 11.8 Å². The smallest absolute Gasteiger partial charge is 0.249 e. The number of amides is 2. The Balaban J connectivity index is 0.000000713. The van der Waals surface area contributed by atoms with Gasteiger partial charge >= 0.3 is 0 Å². The van der Waals surface area contributed by atoms with Crippen molar-refractivity contribution in [2.75, 3.05) is 19.5 Å². The molecule has 118 valence electrons. The summed E-state index contributed by atoms with van der Waals surface area (Å²) >= 11 is 0. The van der Waals surface area contributed by atoms with E-state index in [0.717, 1.165) is 0 Å². The maximum Gasteiger partial charge on any atom is 0.249 e. The van der Waals surface area contributed by atoms with Gasteiger partial charge in [0.1, 0.15) is 11.9 Å². The van der Waals surface area contributed by atoms with E-state index in [1.807, 2.05) is 13.8 Å². The number of rotatable bonds is 2. The molecule has 1 atom stereocenters. The molecule has 5 nitrogen and oxygen atoms in total. The summed E-state index contributed by atoms with van der Waals surface area (Å²) < 4.78 is 17.1. The maximum absolute atomic E-state index is 12.9. The quantitative estimate of drug-likeness (QED) is 0.822. The minimum Gasteiger partial charge on any atom is -0.388 e. The molecule has 2 rings (SSSR count). The first kappa shape index (κ1) is 19.1. The van der Waals surface area contributed by atoms with Gasteiger partial charge < -0.3 is 10.1 Å². The summed E-state index contributed by atoms with van der Waals surface area (Å²) in [7, 11) is 3.25. The molecule has 1 fully saturated rings. The molecule has 6 heteroatoms. The lowest BCUT2D eigenvalue weighted by atomic mass is 10.1. The highest BCUT2D eigenvalue weighted by molar-refractivity contribution is 6.01. The summed E-state index contributed by atoms with van der Waals surface area (Å²) in [6.45, 7) is 4.00. The van der Waals surface area contributed by atoms with Crippen LogP contribution < -0.4 is 10.6 Å². The molecule has 1 saturated heterocycles. The van der Waals surface area contributed by atoms with E-state index < -0.39 is 6.04 Å². The average Bonchev–Trinajstić information content (AvgIpc) is 2.45. The third kappa shape index (κ3) is 7.41. The van der Waals surface area contributed by atoms with Gasteiger partial charge in [-0.3, -0.25) is 14.9 Å².